The Labute approximate surface area is 111 Å². The standard InChI is InChI=1S/C12H15N3O2S/c1-3-8-13-12(18)15-14-11(16)9-6-4-5-7-10(9)17-2/h3-7H,1,8H2,2H3,(H,14,16)(H2,13,15,18). The predicted octanol–water partition coefficient (Wildman–Crippen LogP) is 0.990. The molecule has 0 heterocycles. The molecule has 0 spiro atoms. The number of carbonyl (C=O) groups excluding carboxylic acids is 1. The lowest BCUT2D eigenvalue weighted by Gasteiger charge is -2.11. The quantitative estimate of drug-likeness (QED) is 0.430. The van der Waals surface area contributed by atoms with Crippen molar-refractivity contribution >= 4 is 23.2 Å². The molecular formula is C12H15N3O2S. The van der Waals surface area contributed by atoms with E-state index in [1.807, 2.05) is 0 Å². The van der Waals surface area contributed by atoms with Gasteiger partial charge in [0.1, 0.15) is 5.75 Å². The molecule has 0 saturated carbocycles. The molecule has 0 aliphatic carbocycles. The molecule has 0 aromatic heterocycles. The number of nitrogens with one attached hydrogen (secondary N) is 3. The summed E-state index contributed by atoms with van der Waals surface area (Å²) in [5, 5.41) is 3.14. The second kappa shape index (κ2) is 7.29. The van der Waals surface area contributed by atoms with Gasteiger partial charge in [0.05, 0.1) is 12.7 Å². The molecule has 1 rings (SSSR count). The van der Waals surface area contributed by atoms with Gasteiger partial charge >= 0.3 is 0 Å². The van der Waals surface area contributed by atoms with Gasteiger partial charge < -0.3 is 10.1 Å². The van der Waals surface area contributed by atoms with Crippen LogP contribution < -0.4 is 20.9 Å². The van der Waals surface area contributed by atoms with E-state index in [0.29, 0.717) is 23.0 Å². The average Bonchev–Trinajstić information content (AvgIpc) is 2.42. The zero-order valence-corrected chi connectivity index (χ0v) is 10.8. The molecule has 5 nitrogen and oxygen atoms in total. The van der Waals surface area contributed by atoms with E-state index in [1.54, 1.807) is 30.3 Å². The van der Waals surface area contributed by atoms with Gasteiger partial charge in [0.2, 0.25) is 0 Å². The lowest BCUT2D eigenvalue weighted by Crippen LogP contribution is -2.46. The first-order valence-corrected chi connectivity index (χ1v) is 5.68. The Balaban J connectivity index is 2.55. The van der Waals surface area contributed by atoms with Crippen molar-refractivity contribution in [1.82, 2.24) is 16.2 Å². The highest BCUT2D eigenvalue weighted by Crippen LogP contribution is 2.16. The first-order valence-electron chi connectivity index (χ1n) is 5.27. The number of hydrogen-bond donors (Lipinski definition) is 3. The SMILES string of the molecule is C=CCNC(=S)NNC(=O)c1ccccc1OC. The van der Waals surface area contributed by atoms with E-state index in [9.17, 15) is 4.79 Å². The minimum Gasteiger partial charge on any atom is -0.496 e. The van der Waals surface area contributed by atoms with Gasteiger partial charge in [0, 0.05) is 6.54 Å². The maximum atomic E-state index is 11.8. The minimum absolute atomic E-state index is 0.318. The Morgan fingerprint density at radius 1 is 1.44 bits per heavy atom. The summed E-state index contributed by atoms with van der Waals surface area (Å²) in [6.45, 7) is 4.07. The van der Waals surface area contributed by atoms with Crippen molar-refractivity contribution in [2.75, 3.05) is 13.7 Å². The maximum Gasteiger partial charge on any atom is 0.273 e. The van der Waals surface area contributed by atoms with Gasteiger partial charge in [-0.3, -0.25) is 15.6 Å². The first kappa shape index (κ1) is 14.0. The minimum atomic E-state index is -0.324. The van der Waals surface area contributed by atoms with E-state index in [-0.39, 0.29) is 5.91 Å². The summed E-state index contributed by atoms with van der Waals surface area (Å²) in [5.74, 6) is 0.178. The van der Waals surface area contributed by atoms with E-state index in [1.165, 1.54) is 7.11 Å². The first-order chi connectivity index (χ1) is 8.69. The third-order valence-electron chi connectivity index (χ3n) is 2.05. The highest BCUT2D eigenvalue weighted by Gasteiger charge is 2.10. The Morgan fingerprint density at radius 3 is 2.83 bits per heavy atom. The molecule has 0 fully saturated rings. The van der Waals surface area contributed by atoms with Gasteiger partial charge in [0.25, 0.3) is 5.91 Å². The number of ether oxygens (including phenoxy) is 1. The Hall–Kier alpha value is -2.08. The van der Waals surface area contributed by atoms with Crippen molar-refractivity contribution in [3.05, 3.63) is 42.5 Å². The summed E-state index contributed by atoms with van der Waals surface area (Å²) >= 11 is 4.93. The molecule has 1 amide bonds. The van der Waals surface area contributed by atoms with Crippen LogP contribution in [-0.4, -0.2) is 24.7 Å². The molecule has 0 radical (unpaired) electrons. The molecule has 0 saturated heterocycles. The summed E-state index contributed by atoms with van der Waals surface area (Å²) < 4.78 is 5.09. The Kier molecular flexibility index (Phi) is 5.66. The third kappa shape index (κ3) is 4.06. The molecule has 1 aromatic rings. The summed E-state index contributed by atoms with van der Waals surface area (Å²) in [6.07, 6.45) is 1.66. The van der Waals surface area contributed by atoms with Crippen LogP contribution in [0.25, 0.3) is 0 Å². The normalized spacial score (nSPS) is 9.17. The van der Waals surface area contributed by atoms with Crippen LogP contribution >= 0.6 is 12.2 Å². The number of methoxy groups -OCH3 is 1. The van der Waals surface area contributed by atoms with Gasteiger partial charge in [-0.05, 0) is 24.4 Å². The van der Waals surface area contributed by atoms with Crippen LogP contribution in [-0.2, 0) is 0 Å². The van der Waals surface area contributed by atoms with Crippen molar-refractivity contribution in [1.29, 1.82) is 0 Å². The number of amides is 1. The van der Waals surface area contributed by atoms with Gasteiger partial charge in [-0.1, -0.05) is 18.2 Å². The molecule has 0 bridgehead atoms. The number of benzene rings is 1. The predicted molar refractivity (Wildman–Crippen MR) is 74.4 cm³/mol. The van der Waals surface area contributed by atoms with Crippen molar-refractivity contribution < 1.29 is 9.53 Å². The largest absolute Gasteiger partial charge is 0.496 e. The van der Waals surface area contributed by atoms with Crippen LogP contribution in [0.1, 0.15) is 10.4 Å². The fourth-order valence-corrected chi connectivity index (χ4v) is 1.36. The fraction of sp³-hybridized carbons (Fsp3) is 0.167. The molecule has 0 aliphatic rings. The number of para-hydroxylation sites is 1. The van der Waals surface area contributed by atoms with Crippen LogP contribution in [0.5, 0.6) is 5.75 Å². The zero-order chi connectivity index (χ0) is 13.4. The van der Waals surface area contributed by atoms with E-state index in [4.69, 9.17) is 17.0 Å². The fourth-order valence-electron chi connectivity index (χ4n) is 1.22. The average molecular weight is 265 g/mol. The molecule has 1 aromatic carbocycles. The molecule has 18 heavy (non-hydrogen) atoms. The van der Waals surface area contributed by atoms with Crippen molar-refractivity contribution in [3.63, 3.8) is 0 Å². The zero-order valence-electron chi connectivity index (χ0n) is 10.0. The monoisotopic (exact) mass is 265 g/mol. The van der Waals surface area contributed by atoms with E-state index in [0.717, 1.165) is 0 Å². The molecular weight excluding hydrogens is 250 g/mol. The van der Waals surface area contributed by atoms with Crippen molar-refractivity contribution in [2.24, 2.45) is 0 Å². The number of rotatable bonds is 4. The highest BCUT2D eigenvalue weighted by atomic mass is 32.1. The molecule has 0 aliphatic heterocycles. The topological polar surface area (TPSA) is 62.4 Å². The summed E-state index contributed by atoms with van der Waals surface area (Å²) in [7, 11) is 1.51. The van der Waals surface area contributed by atoms with Crippen molar-refractivity contribution in [2.45, 2.75) is 0 Å². The molecule has 96 valence electrons. The lowest BCUT2D eigenvalue weighted by molar-refractivity contribution is 0.0940. The molecule has 0 unspecified atom stereocenters. The number of hydrogen-bond acceptors (Lipinski definition) is 3. The van der Waals surface area contributed by atoms with Crippen LogP contribution in [0.2, 0.25) is 0 Å². The number of thiocarbonyl (C=S) groups is 1. The maximum absolute atomic E-state index is 11.8. The van der Waals surface area contributed by atoms with E-state index in [2.05, 4.69) is 22.7 Å². The Morgan fingerprint density at radius 2 is 2.17 bits per heavy atom. The molecule has 3 N–H and O–H groups in total. The highest BCUT2D eigenvalue weighted by molar-refractivity contribution is 7.80. The van der Waals surface area contributed by atoms with Crippen LogP contribution in [0.3, 0.4) is 0 Å². The Bertz CT molecular complexity index is 449. The van der Waals surface area contributed by atoms with E-state index >= 15 is 0 Å². The summed E-state index contributed by atoms with van der Waals surface area (Å²) in [4.78, 5) is 11.8. The summed E-state index contributed by atoms with van der Waals surface area (Å²) in [6, 6.07) is 6.92. The van der Waals surface area contributed by atoms with Gasteiger partial charge in [-0.2, -0.15) is 0 Å². The summed E-state index contributed by atoms with van der Waals surface area (Å²) in [5.41, 5.74) is 5.49. The molecule has 0 atom stereocenters. The molecule has 6 heteroatoms. The second-order valence-corrected chi connectivity index (χ2v) is 3.69. The van der Waals surface area contributed by atoms with Gasteiger partial charge in [-0.25, -0.2) is 0 Å². The van der Waals surface area contributed by atoms with Crippen molar-refractivity contribution in [3.8, 4) is 5.75 Å². The lowest BCUT2D eigenvalue weighted by atomic mass is 10.2. The van der Waals surface area contributed by atoms with Crippen LogP contribution in [0.4, 0.5) is 0 Å². The third-order valence-corrected chi connectivity index (χ3v) is 2.29. The van der Waals surface area contributed by atoms with Crippen LogP contribution in [0.15, 0.2) is 36.9 Å². The number of carbonyl (C=O) groups is 1. The number of hydrazine groups is 1. The van der Waals surface area contributed by atoms with E-state index < -0.39 is 0 Å². The smallest absolute Gasteiger partial charge is 0.273 e. The van der Waals surface area contributed by atoms with Gasteiger partial charge in [0.15, 0.2) is 5.11 Å². The van der Waals surface area contributed by atoms with Crippen LogP contribution in [0, 0.1) is 0 Å². The second-order valence-electron chi connectivity index (χ2n) is 3.28. The van der Waals surface area contributed by atoms with Gasteiger partial charge in [-0.15, -0.1) is 6.58 Å².